The maximum atomic E-state index is 12.5. The first-order chi connectivity index (χ1) is 15.3. The summed E-state index contributed by atoms with van der Waals surface area (Å²) in [7, 11) is 0. The second-order valence-corrected chi connectivity index (χ2v) is 7.63. The molecule has 0 saturated heterocycles. The zero-order valence-corrected chi connectivity index (χ0v) is 17.3. The van der Waals surface area contributed by atoms with Gasteiger partial charge in [-0.1, -0.05) is 32.0 Å². The van der Waals surface area contributed by atoms with Crippen molar-refractivity contribution in [2.24, 2.45) is 5.92 Å². The van der Waals surface area contributed by atoms with Crippen molar-refractivity contribution in [1.82, 2.24) is 5.32 Å². The molecule has 2 heterocycles. The van der Waals surface area contributed by atoms with Gasteiger partial charge in [-0.2, -0.15) is 0 Å². The van der Waals surface area contributed by atoms with Crippen LogP contribution in [0, 0.1) is 5.92 Å². The Morgan fingerprint density at radius 1 is 0.875 bits per heavy atom. The summed E-state index contributed by atoms with van der Waals surface area (Å²) in [4.78, 5) is 49.2. The molecule has 0 radical (unpaired) electrons. The molecule has 0 atom stereocenters. The van der Waals surface area contributed by atoms with Crippen molar-refractivity contribution in [3.05, 3.63) is 86.6 Å². The van der Waals surface area contributed by atoms with Crippen LogP contribution in [0.3, 0.4) is 0 Å². The first-order valence-electron chi connectivity index (χ1n) is 9.93. The van der Waals surface area contributed by atoms with Gasteiger partial charge in [0.1, 0.15) is 28.0 Å². The molecule has 0 aliphatic heterocycles. The molecule has 4 aromatic rings. The molecular weight excluding hydrogens is 414 g/mol. The Morgan fingerprint density at radius 3 is 2.31 bits per heavy atom. The zero-order chi connectivity index (χ0) is 22.8. The van der Waals surface area contributed by atoms with Crippen molar-refractivity contribution in [3.8, 4) is 5.75 Å². The summed E-state index contributed by atoms with van der Waals surface area (Å²) in [5.74, 6) is -1.13. The Labute approximate surface area is 181 Å². The molecule has 162 valence electrons. The van der Waals surface area contributed by atoms with Crippen LogP contribution in [0.1, 0.15) is 34.6 Å². The number of amides is 1. The SMILES string of the molecule is CC(C)CNC(=O)c1cc2ccc(OC(=O)c3cc4ccccc4oc3=O)cc2oc1=O. The van der Waals surface area contributed by atoms with Crippen LogP contribution in [0.2, 0.25) is 0 Å². The molecular formula is C24H19NO7. The maximum absolute atomic E-state index is 12.5. The summed E-state index contributed by atoms with van der Waals surface area (Å²) >= 11 is 0. The molecule has 8 heteroatoms. The smallest absolute Gasteiger partial charge is 0.351 e. The van der Waals surface area contributed by atoms with E-state index in [0.29, 0.717) is 22.9 Å². The van der Waals surface area contributed by atoms with Crippen molar-refractivity contribution in [2.75, 3.05) is 6.54 Å². The van der Waals surface area contributed by atoms with E-state index in [-0.39, 0.29) is 28.4 Å². The van der Waals surface area contributed by atoms with Crippen LogP contribution in [0.4, 0.5) is 0 Å². The normalized spacial score (nSPS) is 11.1. The molecule has 0 spiro atoms. The van der Waals surface area contributed by atoms with Crippen molar-refractivity contribution in [2.45, 2.75) is 13.8 Å². The van der Waals surface area contributed by atoms with Crippen LogP contribution in [-0.4, -0.2) is 18.4 Å². The molecule has 0 aliphatic rings. The molecule has 2 aromatic carbocycles. The van der Waals surface area contributed by atoms with Gasteiger partial charge in [0.15, 0.2) is 0 Å². The monoisotopic (exact) mass is 433 g/mol. The van der Waals surface area contributed by atoms with E-state index in [0.717, 1.165) is 0 Å². The summed E-state index contributed by atoms with van der Waals surface area (Å²) in [5, 5.41) is 3.72. The van der Waals surface area contributed by atoms with Crippen LogP contribution in [0.15, 0.2) is 73.0 Å². The minimum atomic E-state index is -0.907. The summed E-state index contributed by atoms with van der Waals surface area (Å²) in [6.45, 7) is 4.30. The van der Waals surface area contributed by atoms with E-state index in [9.17, 15) is 19.2 Å². The lowest BCUT2D eigenvalue weighted by molar-refractivity contribution is 0.0730. The predicted octanol–water partition coefficient (Wildman–Crippen LogP) is 3.50. The summed E-state index contributed by atoms with van der Waals surface area (Å²) < 4.78 is 15.7. The van der Waals surface area contributed by atoms with Crippen molar-refractivity contribution >= 4 is 33.8 Å². The third-order valence-corrected chi connectivity index (χ3v) is 4.69. The van der Waals surface area contributed by atoms with Crippen LogP contribution in [0.5, 0.6) is 5.75 Å². The lowest BCUT2D eigenvalue weighted by atomic mass is 10.1. The highest BCUT2D eigenvalue weighted by Gasteiger charge is 2.18. The summed E-state index contributed by atoms with van der Waals surface area (Å²) in [5.41, 5.74) is -1.52. The van der Waals surface area contributed by atoms with E-state index in [2.05, 4.69) is 5.32 Å². The number of para-hydroxylation sites is 1. The van der Waals surface area contributed by atoms with E-state index < -0.39 is 23.1 Å². The number of carbonyl (C=O) groups is 2. The van der Waals surface area contributed by atoms with Gasteiger partial charge in [0.2, 0.25) is 0 Å². The van der Waals surface area contributed by atoms with Crippen LogP contribution < -0.4 is 21.3 Å². The third kappa shape index (κ3) is 4.29. The standard InChI is InChI=1S/C24H19NO7/c1-13(2)12-25-21(26)17-9-15-7-8-16(11-20(15)32-22(17)27)30-23(28)18-10-14-5-3-4-6-19(14)31-24(18)29/h3-11,13H,12H2,1-2H3,(H,25,26). The minimum Gasteiger partial charge on any atom is -0.423 e. The Hall–Kier alpha value is -4.20. The van der Waals surface area contributed by atoms with Gasteiger partial charge < -0.3 is 18.9 Å². The van der Waals surface area contributed by atoms with E-state index in [1.54, 1.807) is 30.3 Å². The molecule has 8 nitrogen and oxygen atoms in total. The van der Waals surface area contributed by atoms with Gasteiger partial charge >= 0.3 is 17.2 Å². The van der Waals surface area contributed by atoms with E-state index in [1.165, 1.54) is 24.3 Å². The molecule has 0 saturated carbocycles. The molecule has 32 heavy (non-hydrogen) atoms. The number of ether oxygens (including phenoxy) is 1. The molecule has 1 amide bonds. The van der Waals surface area contributed by atoms with Crippen molar-refractivity contribution in [3.63, 3.8) is 0 Å². The van der Waals surface area contributed by atoms with Crippen molar-refractivity contribution < 1.29 is 23.2 Å². The van der Waals surface area contributed by atoms with Crippen LogP contribution in [0.25, 0.3) is 21.9 Å². The fourth-order valence-electron chi connectivity index (χ4n) is 3.07. The quantitative estimate of drug-likeness (QED) is 0.291. The van der Waals surface area contributed by atoms with Crippen LogP contribution in [-0.2, 0) is 0 Å². The van der Waals surface area contributed by atoms with Gasteiger partial charge in [-0.15, -0.1) is 0 Å². The first-order valence-corrected chi connectivity index (χ1v) is 9.93. The fourth-order valence-corrected chi connectivity index (χ4v) is 3.07. The Morgan fingerprint density at radius 2 is 1.53 bits per heavy atom. The first kappa shape index (κ1) is 21.0. The number of benzene rings is 2. The zero-order valence-electron chi connectivity index (χ0n) is 17.3. The number of nitrogens with one attached hydrogen (secondary N) is 1. The molecule has 1 N–H and O–H groups in total. The van der Waals surface area contributed by atoms with Gasteiger partial charge in [0.05, 0.1) is 0 Å². The van der Waals surface area contributed by atoms with Crippen molar-refractivity contribution in [1.29, 1.82) is 0 Å². The highest BCUT2D eigenvalue weighted by Crippen LogP contribution is 2.22. The average Bonchev–Trinajstić information content (AvgIpc) is 2.76. The number of hydrogen-bond donors (Lipinski definition) is 1. The van der Waals surface area contributed by atoms with E-state index in [4.69, 9.17) is 13.6 Å². The average molecular weight is 433 g/mol. The second kappa shape index (κ2) is 8.50. The minimum absolute atomic E-state index is 0.0650. The molecule has 0 unspecified atom stereocenters. The molecule has 0 bridgehead atoms. The molecule has 4 rings (SSSR count). The number of rotatable bonds is 5. The largest absolute Gasteiger partial charge is 0.423 e. The number of fused-ring (bicyclic) bond motifs is 2. The summed E-state index contributed by atoms with van der Waals surface area (Å²) in [6.07, 6.45) is 0. The third-order valence-electron chi connectivity index (χ3n) is 4.69. The second-order valence-electron chi connectivity index (χ2n) is 7.63. The number of esters is 1. The Balaban J connectivity index is 1.60. The van der Waals surface area contributed by atoms with Gasteiger partial charge in [0.25, 0.3) is 5.91 Å². The Bertz CT molecular complexity index is 1460. The maximum Gasteiger partial charge on any atom is 0.351 e. The van der Waals surface area contributed by atoms with E-state index >= 15 is 0 Å². The molecule has 0 fully saturated rings. The highest BCUT2D eigenvalue weighted by atomic mass is 16.5. The lowest BCUT2D eigenvalue weighted by Crippen LogP contribution is -2.31. The fraction of sp³-hybridized carbons (Fsp3) is 0.167. The van der Waals surface area contributed by atoms with Gasteiger partial charge in [-0.25, -0.2) is 14.4 Å². The predicted molar refractivity (Wildman–Crippen MR) is 117 cm³/mol. The van der Waals surface area contributed by atoms with Gasteiger partial charge in [-0.05, 0) is 36.2 Å². The summed E-state index contributed by atoms with van der Waals surface area (Å²) in [6, 6.07) is 14.0. The highest BCUT2D eigenvalue weighted by molar-refractivity contribution is 5.97. The molecule has 2 aromatic heterocycles. The Kier molecular flexibility index (Phi) is 5.59. The van der Waals surface area contributed by atoms with Gasteiger partial charge in [0, 0.05) is 23.4 Å². The topological polar surface area (TPSA) is 116 Å². The lowest BCUT2D eigenvalue weighted by Gasteiger charge is -2.08. The van der Waals surface area contributed by atoms with Crippen LogP contribution >= 0.6 is 0 Å². The van der Waals surface area contributed by atoms with E-state index in [1.807, 2.05) is 13.8 Å². The molecule has 0 aliphatic carbocycles. The van der Waals surface area contributed by atoms with Gasteiger partial charge in [-0.3, -0.25) is 4.79 Å². The number of carbonyl (C=O) groups excluding carboxylic acids is 2. The number of hydrogen-bond acceptors (Lipinski definition) is 7.